The molecule has 1 aliphatic rings. The summed E-state index contributed by atoms with van der Waals surface area (Å²) in [6.07, 6.45) is 3.66. The molecule has 2 N–H and O–H groups in total. The van der Waals surface area contributed by atoms with Crippen LogP contribution in [0.5, 0.6) is 0 Å². The normalized spacial score (nSPS) is 21.7. The fourth-order valence-electron chi connectivity index (χ4n) is 3.07. The number of hydrogen-bond acceptors (Lipinski definition) is 2. The molecule has 19 heavy (non-hydrogen) atoms. The van der Waals surface area contributed by atoms with E-state index in [2.05, 4.69) is 24.1 Å². The lowest BCUT2D eigenvalue weighted by Crippen LogP contribution is -2.31. The van der Waals surface area contributed by atoms with Gasteiger partial charge in [0.1, 0.15) is 5.82 Å². The largest absolute Gasteiger partial charge is 0.368 e. The summed E-state index contributed by atoms with van der Waals surface area (Å²) in [5, 5.41) is 5.25. The summed E-state index contributed by atoms with van der Waals surface area (Å²) in [5.41, 5.74) is 0.277. The van der Waals surface area contributed by atoms with Crippen molar-refractivity contribution in [2.24, 2.45) is 5.41 Å². The number of fused-ring (bicyclic) bond motifs is 1. The maximum absolute atomic E-state index is 12.0. The SMILES string of the molecule is CC1(C)CCCC1Nc1cc2ccccc2c(=O)[nH]1. The van der Waals surface area contributed by atoms with Crippen molar-refractivity contribution < 1.29 is 0 Å². The highest BCUT2D eigenvalue weighted by molar-refractivity contribution is 5.83. The zero-order chi connectivity index (χ0) is 13.5. The fourth-order valence-corrected chi connectivity index (χ4v) is 3.07. The van der Waals surface area contributed by atoms with Crippen LogP contribution in [0.25, 0.3) is 10.8 Å². The Bertz CT molecular complexity index is 657. The molecule has 0 spiro atoms. The standard InChI is InChI=1S/C16H20N2O/c1-16(2)9-5-8-13(16)17-14-10-11-6-3-4-7-12(11)15(19)18-14/h3-4,6-7,10,13H,5,8-9H2,1-2H3,(H2,17,18,19). The molecule has 1 heterocycles. The lowest BCUT2D eigenvalue weighted by molar-refractivity contribution is 0.349. The Morgan fingerprint density at radius 3 is 2.84 bits per heavy atom. The minimum atomic E-state index is -0.0172. The van der Waals surface area contributed by atoms with Crippen LogP contribution in [-0.4, -0.2) is 11.0 Å². The second kappa shape index (κ2) is 4.41. The highest BCUT2D eigenvalue weighted by Gasteiger charge is 2.34. The summed E-state index contributed by atoms with van der Waals surface area (Å²) in [6, 6.07) is 10.2. The van der Waals surface area contributed by atoms with Crippen molar-refractivity contribution in [2.75, 3.05) is 5.32 Å². The molecule has 1 aromatic carbocycles. The van der Waals surface area contributed by atoms with Crippen LogP contribution in [-0.2, 0) is 0 Å². The van der Waals surface area contributed by atoms with E-state index in [0.717, 1.165) is 16.6 Å². The first-order valence-electron chi connectivity index (χ1n) is 6.95. The van der Waals surface area contributed by atoms with Crippen molar-refractivity contribution in [2.45, 2.75) is 39.2 Å². The van der Waals surface area contributed by atoms with Crippen LogP contribution in [0.3, 0.4) is 0 Å². The molecule has 1 aromatic heterocycles. The van der Waals surface area contributed by atoms with Gasteiger partial charge in [0.25, 0.3) is 5.56 Å². The van der Waals surface area contributed by atoms with Crippen molar-refractivity contribution in [1.29, 1.82) is 0 Å². The maximum Gasteiger partial charge on any atom is 0.257 e. The first kappa shape index (κ1) is 12.3. The number of H-pyrrole nitrogens is 1. The molecule has 1 aliphatic carbocycles. The number of rotatable bonds is 2. The summed E-state index contributed by atoms with van der Waals surface area (Å²) in [4.78, 5) is 15.0. The Morgan fingerprint density at radius 1 is 1.32 bits per heavy atom. The molecular formula is C16H20N2O. The molecule has 1 atom stereocenters. The van der Waals surface area contributed by atoms with E-state index in [1.807, 2.05) is 30.3 Å². The Labute approximate surface area is 113 Å². The van der Waals surface area contributed by atoms with Gasteiger partial charge in [-0.25, -0.2) is 0 Å². The number of anilines is 1. The van der Waals surface area contributed by atoms with Gasteiger partial charge in [0.2, 0.25) is 0 Å². The van der Waals surface area contributed by atoms with Gasteiger partial charge in [0, 0.05) is 11.4 Å². The third-order valence-electron chi connectivity index (χ3n) is 4.34. The molecular weight excluding hydrogens is 236 g/mol. The number of aromatic nitrogens is 1. The van der Waals surface area contributed by atoms with Crippen LogP contribution in [0.1, 0.15) is 33.1 Å². The molecule has 0 aliphatic heterocycles. The van der Waals surface area contributed by atoms with E-state index in [4.69, 9.17) is 0 Å². The monoisotopic (exact) mass is 256 g/mol. The smallest absolute Gasteiger partial charge is 0.257 e. The van der Waals surface area contributed by atoms with Crippen molar-refractivity contribution in [1.82, 2.24) is 4.98 Å². The summed E-state index contributed by atoms with van der Waals surface area (Å²) >= 11 is 0. The Balaban J connectivity index is 1.96. The fraction of sp³-hybridized carbons (Fsp3) is 0.438. The number of hydrogen-bond donors (Lipinski definition) is 2. The van der Waals surface area contributed by atoms with E-state index < -0.39 is 0 Å². The second-order valence-corrected chi connectivity index (χ2v) is 6.18. The van der Waals surface area contributed by atoms with Crippen LogP contribution in [0.4, 0.5) is 5.82 Å². The average Bonchev–Trinajstić information content (AvgIpc) is 2.69. The van der Waals surface area contributed by atoms with Gasteiger partial charge in [-0.15, -0.1) is 0 Å². The summed E-state index contributed by atoms with van der Waals surface area (Å²) in [6.45, 7) is 4.58. The van der Waals surface area contributed by atoms with Crippen molar-refractivity contribution >= 4 is 16.6 Å². The lowest BCUT2D eigenvalue weighted by Gasteiger charge is -2.28. The van der Waals surface area contributed by atoms with Crippen LogP contribution < -0.4 is 10.9 Å². The lowest BCUT2D eigenvalue weighted by atomic mass is 9.87. The quantitative estimate of drug-likeness (QED) is 0.863. The van der Waals surface area contributed by atoms with Gasteiger partial charge < -0.3 is 10.3 Å². The number of pyridine rings is 1. The zero-order valence-corrected chi connectivity index (χ0v) is 11.5. The van der Waals surface area contributed by atoms with E-state index in [0.29, 0.717) is 11.5 Å². The molecule has 3 heteroatoms. The molecule has 1 saturated carbocycles. The summed E-state index contributed by atoms with van der Waals surface area (Å²) in [5.74, 6) is 0.837. The zero-order valence-electron chi connectivity index (χ0n) is 11.5. The van der Waals surface area contributed by atoms with Crippen LogP contribution >= 0.6 is 0 Å². The second-order valence-electron chi connectivity index (χ2n) is 6.18. The predicted octanol–water partition coefficient (Wildman–Crippen LogP) is 3.52. The van der Waals surface area contributed by atoms with E-state index in [1.54, 1.807) is 0 Å². The molecule has 0 bridgehead atoms. The molecule has 1 unspecified atom stereocenters. The number of nitrogens with one attached hydrogen (secondary N) is 2. The molecule has 3 rings (SSSR count). The van der Waals surface area contributed by atoms with E-state index >= 15 is 0 Å². The number of benzene rings is 1. The van der Waals surface area contributed by atoms with Crippen molar-refractivity contribution in [3.63, 3.8) is 0 Å². The first-order valence-corrected chi connectivity index (χ1v) is 6.95. The first-order chi connectivity index (χ1) is 9.06. The van der Waals surface area contributed by atoms with E-state index in [9.17, 15) is 4.79 Å². The van der Waals surface area contributed by atoms with E-state index in [-0.39, 0.29) is 5.56 Å². The Morgan fingerprint density at radius 2 is 2.11 bits per heavy atom. The minimum Gasteiger partial charge on any atom is -0.368 e. The maximum atomic E-state index is 12.0. The van der Waals surface area contributed by atoms with Gasteiger partial charge in [-0.1, -0.05) is 38.5 Å². The number of aromatic amines is 1. The molecule has 0 saturated heterocycles. The molecule has 1 fully saturated rings. The summed E-state index contributed by atoms with van der Waals surface area (Å²) < 4.78 is 0. The van der Waals surface area contributed by atoms with Gasteiger partial charge in [0.05, 0.1) is 0 Å². The van der Waals surface area contributed by atoms with Gasteiger partial charge in [-0.3, -0.25) is 4.79 Å². The summed E-state index contributed by atoms with van der Waals surface area (Å²) in [7, 11) is 0. The molecule has 0 radical (unpaired) electrons. The highest BCUT2D eigenvalue weighted by atomic mass is 16.1. The van der Waals surface area contributed by atoms with E-state index in [1.165, 1.54) is 19.3 Å². The van der Waals surface area contributed by atoms with Crippen molar-refractivity contribution in [3.8, 4) is 0 Å². The third-order valence-corrected chi connectivity index (χ3v) is 4.34. The van der Waals surface area contributed by atoms with Crippen LogP contribution in [0.15, 0.2) is 35.1 Å². The molecule has 100 valence electrons. The predicted molar refractivity (Wildman–Crippen MR) is 79.6 cm³/mol. The topological polar surface area (TPSA) is 44.9 Å². The average molecular weight is 256 g/mol. The molecule has 2 aromatic rings. The minimum absolute atomic E-state index is 0.0172. The van der Waals surface area contributed by atoms with Crippen molar-refractivity contribution in [3.05, 3.63) is 40.7 Å². The van der Waals surface area contributed by atoms with Gasteiger partial charge in [-0.05, 0) is 35.8 Å². The Hall–Kier alpha value is -1.77. The third kappa shape index (κ3) is 2.25. The van der Waals surface area contributed by atoms with Crippen LogP contribution in [0, 0.1) is 5.41 Å². The highest BCUT2D eigenvalue weighted by Crippen LogP contribution is 2.38. The molecule has 0 amide bonds. The van der Waals surface area contributed by atoms with Gasteiger partial charge >= 0.3 is 0 Å². The van der Waals surface area contributed by atoms with Crippen LogP contribution in [0.2, 0.25) is 0 Å². The Kier molecular flexibility index (Phi) is 2.85. The molecule has 3 nitrogen and oxygen atoms in total. The van der Waals surface area contributed by atoms with Gasteiger partial charge in [-0.2, -0.15) is 0 Å². The van der Waals surface area contributed by atoms with Gasteiger partial charge in [0.15, 0.2) is 0 Å².